The van der Waals surface area contributed by atoms with Crippen molar-refractivity contribution in [2.75, 3.05) is 6.26 Å². The van der Waals surface area contributed by atoms with Crippen LogP contribution in [0.3, 0.4) is 0 Å². The Balaban J connectivity index is 2.07. The molecular formula is C12H18N2O3S2. The first-order valence-electron chi connectivity index (χ1n) is 6.25. The highest BCUT2D eigenvalue weighted by Crippen LogP contribution is 2.27. The van der Waals surface area contributed by atoms with Gasteiger partial charge in [-0.25, -0.2) is 13.1 Å². The van der Waals surface area contributed by atoms with E-state index in [9.17, 15) is 13.2 Å². The molecule has 0 bridgehead atoms. The lowest BCUT2D eigenvalue weighted by Gasteiger charge is -2.27. The molecule has 1 aromatic rings. The van der Waals surface area contributed by atoms with E-state index in [1.807, 2.05) is 11.8 Å². The molecule has 0 aliphatic heterocycles. The maximum atomic E-state index is 12.1. The lowest BCUT2D eigenvalue weighted by atomic mass is 9.96. The van der Waals surface area contributed by atoms with E-state index in [2.05, 4.69) is 16.0 Å². The molecule has 0 radical (unpaired) electrons. The Hall–Kier alpha value is -0.790. The molecule has 1 aliphatic rings. The molecule has 0 aromatic carbocycles. The topological polar surface area (TPSA) is 79.0 Å². The monoisotopic (exact) mass is 302 g/mol. The van der Waals surface area contributed by atoms with Gasteiger partial charge >= 0.3 is 0 Å². The normalized spacial score (nSPS) is 24.3. The third-order valence-electron chi connectivity index (χ3n) is 3.41. The van der Waals surface area contributed by atoms with Gasteiger partial charge in [0.1, 0.15) is 4.90 Å². The van der Waals surface area contributed by atoms with Crippen LogP contribution in [-0.2, 0) is 10.0 Å². The number of H-pyrrole nitrogens is 1. The van der Waals surface area contributed by atoms with Crippen molar-refractivity contribution in [2.24, 2.45) is 0 Å². The highest BCUT2D eigenvalue weighted by Gasteiger charge is 2.26. The van der Waals surface area contributed by atoms with Crippen molar-refractivity contribution in [1.29, 1.82) is 0 Å². The van der Waals surface area contributed by atoms with Crippen LogP contribution >= 0.6 is 11.8 Å². The molecule has 5 nitrogen and oxygen atoms in total. The number of nitrogens with one attached hydrogen (secondary N) is 2. The fourth-order valence-corrected chi connectivity index (χ4v) is 4.41. The van der Waals surface area contributed by atoms with E-state index in [0.29, 0.717) is 5.25 Å². The zero-order valence-corrected chi connectivity index (χ0v) is 12.4. The number of sulfonamides is 1. The largest absolute Gasteiger partial charge is 0.366 e. The van der Waals surface area contributed by atoms with Gasteiger partial charge in [0.15, 0.2) is 0 Å². The predicted octanol–water partition coefficient (Wildman–Crippen LogP) is 1.33. The van der Waals surface area contributed by atoms with Crippen LogP contribution in [0.2, 0.25) is 0 Å². The first-order valence-corrected chi connectivity index (χ1v) is 9.02. The van der Waals surface area contributed by atoms with Gasteiger partial charge in [-0.15, -0.1) is 0 Å². The van der Waals surface area contributed by atoms with Crippen LogP contribution in [0.15, 0.2) is 28.2 Å². The van der Waals surface area contributed by atoms with E-state index < -0.39 is 15.5 Å². The van der Waals surface area contributed by atoms with Crippen LogP contribution in [0.5, 0.6) is 0 Å². The Labute approximate surface area is 117 Å². The molecule has 19 heavy (non-hydrogen) atoms. The summed E-state index contributed by atoms with van der Waals surface area (Å²) in [5, 5.41) is 0.626. The Morgan fingerprint density at radius 3 is 2.58 bits per heavy atom. The minimum absolute atomic E-state index is 0.0620. The van der Waals surface area contributed by atoms with E-state index in [1.54, 1.807) is 0 Å². The summed E-state index contributed by atoms with van der Waals surface area (Å²) >= 11 is 1.83. The van der Waals surface area contributed by atoms with Gasteiger partial charge in [-0.3, -0.25) is 4.79 Å². The fraction of sp³-hybridized carbons (Fsp3) is 0.583. The Bertz CT molecular complexity index is 575. The summed E-state index contributed by atoms with van der Waals surface area (Å²) in [6.45, 7) is 0. The number of hydrogen-bond donors (Lipinski definition) is 2. The van der Waals surface area contributed by atoms with Gasteiger partial charge in [0.05, 0.1) is 0 Å². The zero-order valence-electron chi connectivity index (χ0n) is 10.8. The minimum atomic E-state index is -3.72. The van der Waals surface area contributed by atoms with E-state index in [0.717, 1.165) is 25.7 Å². The first kappa shape index (κ1) is 14.6. The summed E-state index contributed by atoms with van der Waals surface area (Å²) in [6, 6.07) is 1.16. The molecule has 2 rings (SSSR count). The third-order valence-corrected chi connectivity index (χ3v) is 6.09. The summed E-state index contributed by atoms with van der Waals surface area (Å²) in [7, 11) is -3.72. The molecule has 1 fully saturated rings. The second-order valence-electron chi connectivity index (χ2n) is 4.70. The van der Waals surface area contributed by atoms with Gasteiger partial charge < -0.3 is 4.98 Å². The number of aromatic amines is 1. The molecule has 106 valence electrons. The Morgan fingerprint density at radius 1 is 1.32 bits per heavy atom. The van der Waals surface area contributed by atoms with Crippen LogP contribution in [-0.4, -0.2) is 30.9 Å². The van der Waals surface area contributed by atoms with Crippen molar-refractivity contribution in [2.45, 2.75) is 41.9 Å². The molecule has 0 amide bonds. The average molecular weight is 302 g/mol. The second kappa shape index (κ2) is 6.11. The standard InChI is InChI=1S/C12H18N2O3S2/c1-18-10-4-2-9(3-5-10)14-19(16,17)12-8-13-7-6-11(12)15/h6-10,14H,2-5H2,1H3,(H,13,15). The van der Waals surface area contributed by atoms with Crippen molar-refractivity contribution in [3.63, 3.8) is 0 Å². The molecule has 0 saturated heterocycles. The molecule has 0 atom stereocenters. The highest BCUT2D eigenvalue weighted by molar-refractivity contribution is 7.99. The van der Waals surface area contributed by atoms with Gasteiger partial charge in [-0.2, -0.15) is 11.8 Å². The van der Waals surface area contributed by atoms with Gasteiger partial charge in [0, 0.05) is 29.8 Å². The first-order chi connectivity index (χ1) is 9.03. The molecule has 1 heterocycles. The van der Waals surface area contributed by atoms with E-state index >= 15 is 0 Å². The van der Waals surface area contributed by atoms with Crippen molar-refractivity contribution in [3.8, 4) is 0 Å². The number of thioether (sulfide) groups is 1. The minimum Gasteiger partial charge on any atom is -0.366 e. The Kier molecular flexibility index (Phi) is 4.70. The summed E-state index contributed by atoms with van der Waals surface area (Å²) in [5.74, 6) is 0. The molecule has 1 saturated carbocycles. The average Bonchev–Trinajstić information content (AvgIpc) is 2.39. The zero-order chi connectivity index (χ0) is 13.9. The van der Waals surface area contributed by atoms with Gasteiger partial charge in [-0.1, -0.05) is 0 Å². The molecule has 0 spiro atoms. The quantitative estimate of drug-likeness (QED) is 0.879. The summed E-state index contributed by atoms with van der Waals surface area (Å²) in [5.41, 5.74) is -0.482. The predicted molar refractivity (Wildman–Crippen MR) is 76.9 cm³/mol. The molecule has 7 heteroatoms. The van der Waals surface area contributed by atoms with E-state index in [4.69, 9.17) is 0 Å². The summed E-state index contributed by atoms with van der Waals surface area (Å²) in [4.78, 5) is 14.0. The summed E-state index contributed by atoms with van der Waals surface area (Å²) < 4.78 is 26.9. The van der Waals surface area contributed by atoms with Crippen LogP contribution in [0, 0.1) is 0 Å². The van der Waals surface area contributed by atoms with Gasteiger partial charge in [0.25, 0.3) is 0 Å². The van der Waals surface area contributed by atoms with E-state index in [-0.39, 0.29) is 10.9 Å². The SMILES string of the molecule is CSC1CCC(NS(=O)(=O)c2c[nH]ccc2=O)CC1. The number of hydrogen-bond acceptors (Lipinski definition) is 4. The van der Waals surface area contributed by atoms with Crippen molar-refractivity contribution < 1.29 is 8.42 Å². The lowest BCUT2D eigenvalue weighted by Crippen LogP contribution is -2.39. The molecular weight excluding hydrogens is 284 g/mol. The van der Waals surface area contributed by atoms with Crippen LogP contribution in [0.1, 0.15) is 25.7 Å². The fourth-order valence-electron chi connectivity index (χ4n) is 2.31. The second-order valence-corrected chi connectivity index (χ2v) is 7.52. The maximum absolute atomic E-state index is 12.1. The number of aromatic nitrogens is 1. The smallest absolute Gasteiger partial charge is 0.246 e. The number of rotatable bonds is 4. The molecule has 2 N–H and O–H groups in total. The van der Waals surface area contributed by atoms with Crippen LogP contribution in [0.25, 0.3) is 0 Å². The highest BCUT2D eigenvalue weighted by atomic mass is 32.2. The molecule has 1 aromatic heterocycles. The Morgan fingerprint density at radius 2 is 2.00 bits per heavy atom. The van der Waals surface area contributed by atoms with Crippen molar-refractivity contribution in [3.05, 3.63) is 28.7 Å². The third kappa shape index (κ3) is 3.61. The van der Waals surface area contributed by atoms with Crippen LogP contribution < -0.4 is 10.2 Å². The van der Waals surface area contributed by atoms with Crippen LogP contribution in [0.4, 0.5) is 0 Å². The van der Waals surface area contributed by atoms with Gasteiger partial charge in [0.2, 0.25) is 15.5 Å². The number of pyridine rings is 1. The maximum Gasteiger partial charge on any atom is 0.246 e. The van der Waals surface area contributed by atoms with E-state index in [1.165, 1.54) is 18.5 Å². The van der Waals surface area contributed by atoms with Gasteiger partial charge in [-0.05, 0) is 31.9 Å². The molecule has 0 unspecified atom stereocenters. The summed E-state index contributed by atoms with van der Waals surface area (Å²) in [6.07, 6.45) is 8.42. The van der Waals surface area contributed by atoms with Crippen molar-refractivity contribution in [1.82, 2.24) is 9.71 Å². The molecule has 1 aliphatic carbocycles. The van der Waals surface area contributed by atoms with Crippen molar-refractivity contribution >= 4 is 21.8 Å². The lowest BCUT2D eigenvalue weighted by molar-refractivity contribution is 0.420.